The Morgan fingerprint density at radius 2 is 1.90 bits per heavy atom. The van der Waals surface area contributed by atoms with Gasteiger partial charge in [-0.2, -0.15) is 0 Å². The van der Waals surface area contributed by atoms with Crippen LogP contribution in [0.3, 0.4) is 0 Å². The van der Waals surface area contributed by atoms with Crippen LogP contribution in [-0.2, 0) is 0 Å². The molecule has 2 aliphatic rings. The van der Waals surface area contributed by atoms with Crippen LogP contribution in [0, 0.1) is 0 Å². The molecule has 8 heteroatoms. The van der Waals surface area contributed by atoms with E-state index in [0.717, 1.165) is 97.1 Å². The average Bonchev–Trinajstić information content (AvgIpc) is 3.11. The molecule has 39 heavy (non-hydrogen) atoms. The molecule has 1 unspecified atom stereocenters. The minimum atomic E-state index is 0.216. The van der Waals surface area contributed by atoms with Gasteiger partial charge in [-0.05, 0) is 61.1 Å². The van der Waals surface area contributed by atoms with E-state index in [9.17, 15) is 0 Å². The first-order valence-corrected chi connectivity index (χ1v) is 14.0. The molecule has 0 aliphatic carbocycles. The van der Waals surface area contributed by atoms with Gasteiger partial charge in [-0.15, -0.1) is 0 Å². The van der Waals surface area contributed by atoms with Crippen LogP contribution in [0.25, 0.3) is 11.8 Å². The van der Waals surface area contributed by atoms with E-state index in [-0.39, 0.29) is 6.04 Å². The number of pyridine rings is 1. The highest BCUT2D eigenvalue weighted by atomic mass is 15.2. The number of piperidine rings is 1. The first-order chi connectivity index (χ1) is 18.9. The summed E-state index contributed by atoms with van der Waals surface area (Å²) in [5.74, 6) is 1.55. The lowest BCUT2D eigenvalue weighted by Gasteiger charge is -2.31. The Kier molecular flexibility index (Phi) is 11.2. The van der Waals surface area contributed by atoms with E-state index in [1.165, 1.54) is 6.82 Å². The number of rotatable bonds is 10. The molecule has 3 heterocycles. The summed E-state index contributed by atoms with van der Waals surface area (Å²) in [7, 11) is 4.50. The van der Waals surface area contributed by atoms with E-state index in [2.05, 4.69) is 73.2 Å². The van der Waals surface area contributed by atoms with Crippen LogP contribution in [0.4, 0.5) is 17.2 Å². The van der Waals surface area contributed by atoms with Gasteiger partial charge in [0.15, 0.2) is 0 Å². The summed E-state index contributed by atoms with van der Waals surface area (Å²) in [6, 6.07) is 10.5. The lowest BCUT2D eigenvalue weighted by atomic mass is 10.0. The predicted molar refractivity (Wildman–Crippen MR) is 170 cm³/mol. The summed E-state index contributed by atoms with van der Waals surface area (Å²) in [5.41, 5.74) is 19.1. The zero-order chi connectivity index (χ0) is 28.4. The van der Waals surface area contributed by atoms with Crippen molar-refractivity contribution in [1.29, 1.82) is 0 Å². The third-order valence-electron chi connectivity index (χ3n) is 6.91. The Bertz CT molecular complexity index is 1180. The Morgan fingerprint density at radius 3 is 2.54 bits per heavy atom. The molecule has 1 atom stereocenters. The molecule has 4 rings (SSSR count). The van der Waals surface area contributed by atoms with E-state index in [1.807, 2.05) is 24.4 Å². The van der Waals surface area contributed by atoms with E-state index in [1.54, 1.807) is 0 Å². The largest absolute Gasteiger partial charge is 0.387 e. The summed E-state index contributed by atoms with van der Waals surface area (Å²) < 4.78 is 0. The van der Waals surface area contributed by atoms with Crippen LogP contribution >= 0.6 is 0 Å². The Hall–Kier alpha value is -3.52. The molecule has 0 amide bonds. The summed E-state index contributed by atoms with van der Waals surface area (Å²) in [6.45, 7) is 18.4. The molecule has 0 bridgehead atoms. The minimum absolute atomic E-state index is 0.216. The van der Waals surface area contributed by atoms with Gasteiger partial charge in [-0.25, -0.2) is 9.98 Å². The van der Waals surface area contributed by atoms with Gasteiger partial charge in [0, 0.05) is 55.6 Å². The summed E-state index contributed by atoms with van der Waals surface area (Å²) in [5, 5.41) is 3.38. The molecular weight excluding hydrogens is 481 g/mol. The topological polar surface area (TPSA) is 95.8 Å². The van der Waals surface area contributed by atoms with E-state index in [4.69, 9.17) is 16.5 Å². The van der Waals surface area contributed by atoms with Crippen molar-refractivity contribution >= 4 is 42.6 Å². The molecular formula is C31H44BN7. The molecule has 7 nitrogen and oxygen atoms in total. The number of nitrogens with one attached hydrogen (secondary N) is 1. The average molecular weight is 526 g/mol. The number of hydrogen-bond donors (Lipinski definition) is 3. The van der Waals surface area contributed by atoms with Crippen LogP contribution in [0.2, 0.25) is 6.82 Å². The Morgan fingerprint density at radius 1 is 1.15 bits per heavy atom. The number of fused-ring (bicyclic) bond motifs is 1. The normalized spacial score (nSPS) is 16.5. The van der Waals surface area contributed by atoms with Crippen LogP contribution in [0.5, 0.6) is 0 Å². The number of amidine groups is 1. The van der Waals surface area contributed by atoms with Crippen molar-refractivity contribution in [3.05, 3.63) is 72.1 Å². The quantitative estimate of drug-likeness (QED) is 0.344. The van der Waals surface area contributed by atoms with Crippen molar-refractivity contribution in [3.63, 3.8) is 0 Å². The van der Waals surface area contributed by atoms with Gasteiger partial charge in [0.05, 0.1) is 25.4 Å². The number of allylic oxidation sites excluding steroid dienone is 1. The van der Waals surface area contributed by atoms with E-state index >= 15 is 0 Å². The highest BCUT2D eigenvalue weighted by Crippen LogP contribution is 2.32. The highest BCUT2D eigenvalue weighted by molar-refractivity contribution is 6.05. The molecule has 0 spiro atoms. The first kappa shape index (κ1) is 30.0. The molecule has 1 fully saturated rings. The molecule has 1 aromatic heterocycles. The summed E-state index contributed by atoms with van der Waals surface area (Å²) in [6.07, 6.45) is 8.95. The number of aliphatic imine (C=N–C) groups is 1. The lowest BCUT2D eigenvalue weighted by molar-refractivity contribution is 0.351. The number of anilines is 2. The van der Waals surface area contributed by atoms with Crippen molar-refractivity contribution in [2.45, 2.75) is 58.8 Å². The second-order valence-corrected chi connectivity index (χ2v) is 10.0. The molecule has 5 N–H and O–H groups in total. The smallest absolute Gasteiger partial charge is 0.128 e. The van der Waals surface area contributed by atoms with Crippen LogP contribution in [-0.4, -0.2) is 55.8 Å². The summed E-state index contributed by atoms with van der Waals surface area (Å²) in [4.78, 5) is 14.0. The minimum Gasteiger partial charge on any atom is -0.387 e. The number of hydrogen-bond acceptors (Lipinski definition) is 7. The number of aromatic nitrogens is 1. The van der Waals surface area contributed by atoms with E-state index < -0.39 is 0 Å². The van der Waals surface area contributed by atoms with Gasteiger partial charge in [0.2, 0.25) is 0 Å². The lowest BCUT2D eigenvalue weighted by Crippen LogP contribution is -2.43. The Balaban J connectivity index is 0.00000205. The van der Waals surface area contributed by atoms with Crippen molar-refractivity contribution < 1.29 is 0 Å². The van der Waals surface area contributed by atoms with Crippen LogP contribution < -0.4 is 21.7 Å². The van der Waals surface area contributed by atoms with Gasteiger partial charge in [0.1, 0.15) is 11.7 Å². The molecule has 2 aromatic rings. The monoisotopic (exact) mass is 525 g/mol. The van der Waals surface area contributed by atoms with Crippen molar-refractivity contribution in [2.24, 2.45) is 16.5 Å². The van der Waals surface area contributed by atoms with Crippen LogP contribution in [0.1, 0.15) is 57.1 Å². The molecule has 1 saturated heterocycles. The van der Waals surface area contributed by atoms with Crippen molar-refractivity contribution in [2.75, 3.05) is 36.4 Å². The second-order valence-electron chi connectivity index (χ2n) is 10.0. The maximum absolute atomic E-state index is 6.35. The molecule has 1 aromatic carbocycles. The second kappa shape index (κ2) is 14.6. The first-order valence-electron chi connectivity index (χ1n) is 14.0. The van der Waals surface area contributed by atoms with Crippen LogP contribution in [0.15, 0.2) is 65.9 Å². The van der Waals surface area contributed by atoms with Gasteiger partial charge in [-0.3, -0.25) is 0 Å². The maximum atomic E-state index is 6.35. The number of benzene rings is 1. The zero-order valence-electron chi connectivity index (χ0n) is 23.9. The highest BCUT2D eigenvalue weighted by Gasteiger charge is 2.19. The fourth-order valence-corrected chi connectivity index (χ4v) is 5.00. The maximum Gasteiger partial charge on any atom is 0.128 e. The third kappa shape index (κ3) is 7.99. The van der Waals surface area contributed by atoms with Crippen molar-refractivity contribution in [3.8, 4) is 0 Å². The SMILES string of the molecule is C=C(Nc1ccc(N2CCCC(N)C2)nc1)c1ccc2c(c1)N=C(N)CC(C(=C)N(CCC)CCC)=C2.[B]C. The molecule has 2 radical (unpaired) electrons. The zero-order valence-corrected chi connectivity index (χ0v) is 23.9. The van der Waals surface area contributed by atoms with Gasteiger partial charge in [-0.1, -0.05) is 46.0 Å². The predicted octanol–water partition coefficient (Wildman–Crippen LogP) is 5.71. The van der Waals surface area contributed by atoms with E-state index in [0.29, 0.717) is 12.3 Å². The molecule has 2 aliphatic heterocycles. The number of nitrogens with zero attached hydrogens (tertiary/aromatic N) is 4. The van der Waals surface area contributed by atoms with Gasteiger partial charge in [0.25, 0.3) is 0 Å². The van der Waals surface area contributed by atoms with Gasteiger partial charge >= 0.3 is 0 Å². The third-order valence-corrected chi connectivity index (χ3v) is 6.91. The summed E-state index contributed by atoms with van der Waals surface area (Å²) >= 11 is 0. The standard InChI is InChI=1S/C30H41N7.CH3B/c1-5-13-36(14-6-2)22(4)25-16-24-10-9-23(17-28(24)35-29(32)18-25)21(3)34-27-11-12-30(33-19-27)37-15-7-8-26(31)20-37;1-2/h9-12,16-17,19,26,34H,3-8,13-15,18,20,31H2,1-2H3,(H2,32,35);1H3. The molecule has 206 valence electrons. The van der Waals surface area contributed by atoms with Gasteiger partial charge < -0.3 is 26.6 Å². The molecule has 0 saturated carbocycles. The van der Waals surface area contributed by atoms with Crippen molar-refractivity contribution in [1.82, 2.24) is 9.88 Å². The fraction of sp³-hybridized carbons (Fsp3) is 0.419. The number of nitrogens with two attached hydrogens (primary N) is 2. The Labute approximate surface area is 236 Å². The fourth-order valence-electron chi connectivity index (χ4n) is 5.00.